The van der Waals surface area contributed by atoms with Gasteiger partial charge in [-0.2, -0.15) is 0 Å². The number of aryl methyl sites for hydroxylation is 1. The van der Waals surface area contributed by atoms with E-state index < -0.39 is 16.1 Å². The Bertz CT molecular complexity index is 745. The van der Waals surface area contributed by atoms with Gasteiger partial charge in [-0.1, -0.05) is 18.5 Å². The molecule has 2 N–H and O–H groups in total. The van der Waals surface area contributed by atoms with Gasteiger partial charge in [-0.25, -0.2) is 17.9 Å². The van der Waals surface area contributed by atoms with Gasteiger partial charge in [0.1, 0.15) is 4.21 Å². The Morgan fingerprint density at radius 3 is 2.36 bits per heavy atom. The van der Waals surface area contributed by atoms with Crippen LogP contribution in [0.2, 0.25) is 5.02 Å². The molecule has 1 aromatic heterocycles. The zero-order chi connectivity index (χ0) is 15.5. The molecule has 22 heavy (non-hydrogen) atoms. The summed E-state index contributed by atoms with van der Waals surface area (Å²) in [4.78, 5) is 12.7. The second-order valence-corrected chi connectivity index (χ2v) is 7.65. The van der Waals surface area contributed by atoms with Crippen LogP contribution in [0.25, 0.3) is 0 Å². The second kappa shape index (κ2) is 8.33. The average molecular weight is 369 g/mol. The molecular weight excluding hydrogens is 355 g/mol. The van der Waals surface area contributed by atoms with E-state index in [1.165, 1.54) is 6.07 Å². The standard InChI is InChI=1S/C13H13ClN2O3S2.Na.H/c1-2-11-7-8-12(20-11)21(18,19)16-13(17)15-10-5-3-9(14)4-6-10;;/h3-8H,2H2,1H3,(H2,15,16,17);;. The third-order valence-corrected chi connectivity index (χ3v) is 5.88. The third-order valence-electron chi connectivity index (χ3n) is 2.58. The van der Waals surface area contributed by atoms with Crippen LogP contribution in [0.3, 0.4) is 0 Å². The van der Waals surface area contributed by atoms with Crippen LogP contribution >= 0.6 is 22.9 Å². The molecule has 0 aliphatic carbocycles. The Morgan fingerprint density at radius 1 is 1.18 bits per heavy atom. The van der Waals surface area contributed by atoms with Gasteiger partial charge in [-0.15, -0.1) is 11.3 Å². The van der Waals surface area contributed by atoms with E-state index in [0.29, 0.717) is 10.7 Å². The van der Waals surface area contributed by atoms with Crippen LogP contribution in [0, 0.1) is 0 Å². The fourth-order valence-electron chi connectivity index (χ4n) is 1.55. The van der Waals surface area contributed by atoms with E-state index >= 15 is 0 Å². The zero-order valence-electron chi connectivity index (χ0n) is 11.1. The van der Waals surface area contributed by atoms with Gasteiger partial charge < -0.3 is 5.32 Å². The Kier molecular flexibility index (Phi) is 7.37. The molecule has 2 rings (SSSR count). The number of carbonyl (C=O) groups is 1. The molecule has 2 aromatic rings. The fourth-order valence-corrected chi connectivity index (χ4v) is 3.88. The molecule has 0 radical (unpaired) electrons. The Balaban J connectivity index is 0.00000242. The van der Waals surface area contributed by atoms with Gasteiger partial charge in [-0.3, -0.25) is 0 Å². The number of benzene rings is 1. The molecule has 0 unspecified atom stereocenters. The monoisotopic (exact) mass is 368 g/mol. The summed E-state index contributed by atoms with van der Waals surface area (Å²) in [6.07, 6.45) is 0.747. The number of nitrogens with one attached hydrogen (secondary N) is 2. The zero-order valence-corrected chi connectivity index (χ0v) is 13.5. The van der Waals surface area contributed by atoms with Crippen molar-refractivity contribution in [1.82, 2.24) is 4.72 Å². The third kappa shape index (κ3) is 5.26. The number of rotatable bonds is 4. The summed E-state index contributed by atoms with van der Waals surface area (Å²) in [5, 5.41) is 2.96. The van der Waals surface area contributed by atoms with Gasteiger partial charge in [0.05, 0.1) is 0 Å². The quantitative estimate of drug-likeness (QED) is 0.815. The summed E-state index contributed by atoms with van der Waals surface area (Å²) < 4.78 is 26.2. The van der Waals surface area contributed by atoms with Gasteiger partial charge in [0, 0.05) is 15.6 Å². The molecule has 5 nitrogen and oxygen atoms in total. The minimum atomic E-state index is -3.85. The van der Waals surface area contributed by atoms with Crippen molar-refractivity contribution in [3.63, 3.8) is 0 Å². The van der Waals surface area contributed by atoms with E-state index in [0.717, 1.165) is 22.6 Å². The van der Waals surface area contributed by atoms with Crippen molar-refractivity contribution >= 4 is 74.2 Å². The van der Waals surface area contributed by atoms with Crippen LogP contribution in [0.5, 0.6) is 0 Å². The summed E-state index contributed by atoms with van der Waals surface area (Å²) in [5.74, 6) is 0. The number of carbonyl (C=O) groups excluding carboxylic acids is 1. The first-order valence-electron chi connectivity index (χ1n) is 6.09. The number of anilines is 1. The van der Waals surface area contributed by atoms with Gasteiger partial charge in [0.2, 0.25) is 0 Å². The Labute approximate surface area is 160 Å². The van der Waals surface area contributed by atoms with E-state index in [1.54, 1.807) is 30.3 Å². The second-order valence-electron chi connectivity index (χ2n) is 4.14. The van der Waals surface area contributed by atoms with E-state index in [1.807, 2.05) is 11.6 Å². The summed E-state index contributed by atoms with van der Waals surface area (Å²) in [6, 6.07) is 8.75. The predicted octanol–water partition coefficient (Wildman–Crippen LogP) is 2.83. The minimum absolute atomic E-state index is 0. The number of urea groups is 1. The molecule has 0 saturated heterocycles. The van der Waals surface area contributed by atoms with Crippen molar-refractivity contribution in [2.45, 2.75) is 17.6 Å². The fraction of sp³-hybridized carbons (Fsp3) is 0.154. The average Bonchev–Trinajstić information content (AvgIpc) is 2.90. The number of thiophene rings is 1. The molecule has 0 atom stereocenters. The summed E-state index contributed by atoms with van der Waals surface area (Å²) >= 11 is 6.87. The van der Waals surface area contributed by atoms with Crippen molar-refractivity contribution in [2.75, 3.05) is 5.32 Å². The summed E-state index contributed by atoms with van der Waals surface area (Å²) in [7, 11) is -3.85. The van der Waals surface area contributed by atoms with Crippen LogP contribution in [0.1, 0.15) is 11.8 Å². The number of hydrogen-bond donors (Lipinski definition) is 2. The normalized spacial score (nSPS) is 10.6. The maximum atomic E-state index is 12.0. The molecule has 114 valence electrons. The van der Waals surface area contributed by atoms with Gasteiger partial charge in [0.15, 0.2) is 0 Å². The number of sulfonamides is 1. The van der Waals surface area contributed by atoms with Crippen LogP contribution in [-0.2, 0) is 16.4 Å². The van der Waals surface area contributed by atoms with Crippen molar-refractivity contribution in [2.24, 2.45) is 0 Å². The molecule has 0 saturated carbocycles. The van der Waals surface area contributed by atoms with Crippen molar-refractivity contribution in [1.29, 1.82) is 0 Å². The molecule has 0 bridgehead atoms. The molecule has 1 heterocycles. The molecule has 0 aliphatic heterocycles. The van der Waals surface area contributed by atoms with Crippen molar-refractivity contribution < 1.29 is 13.2 Å². The number of halogens is 1. The van der Waals surface area contributed by atoms with Gasteiger partial charge in [-0.05, 0) is 42.8 Å². The van der Waals surface area contributed by atoms with E-state index in [4.69, 9.17) is 11.6 Å². The van der Waals surface area contributed by atoms with Gasteiger partial charge >= 0.3 is 35.6 Å². The molecular formula is C13H14ClN2NaO3S2. The number of amides is 2. The first kappa shape index (κ1) is 19.5. The van der Waals surface area contributed by atoms with Crippen LogP contribution in [0.15, 0.2) is 40.6 Å². The molecule has 1 aromatic carbocycles. The first-order valence-corrected chi connectivity index (χ1v) is 8.76. The molecule has 9 heteroatoms. The topological polar surface area (TPSA) is 75.3 Å². The molecule has 0 spiro atoms. The van der Waals surface area contributed by atoms with Gasteiger partial charge in [0.25, 0.3) is 10.0 Å². The molecule has 0 fully saturated rings. The SMILES string of the molecule is CCc1ccc(S(=O)(=O)NC(=O)Nc2ccc(Cl)cc2)s1.[NaH]. The van der Waals surface area contributed by atoms with Crippen molar-refractivity contribution in [3.05, 3.63) is 46.3 Å². The van der Waals surface area contributed by atoms with E-state index in [9.17, 15) is 13.2 Å². The van der Waals surface area contributed by atoms with E-state index in [-0.39, 0.29) is 33.8 Å². The maximum absolute atomic E-state index is 12.0. The van der Waals surface area contributed by atoms with Crippen LogP contribution in [0.4, 0.5) is 10.5 Å². The summed E-state index contributed by atoms with van der Waals surface area (Å²) in [6.45, 7) is 1.93. The predicted molar refractivity (Wildman–Crippen MR) is 91.6 cm³/mol. The Hall–Kier alpha value is -0.570. The molecule has 2 amide bonds. The summed E-state index contributed by atoms with van der Waals surface area (Å²) in [5.41, 5.74) is 0.451. The van der Waals surface area contributed by atoms with E-state index in [2.05, 4.69) is 5.32 Å². The Morgan fingerprint density at radius 2 is 1.82 bits per heavy atom. The molecule has 0 aliphatic rings. The first-order chi connectivity index (χ1) is 9.90. The van der Waals surface area contributed by atoms with Crippen LogP contribution < -0.4 is 10.0 Å². The van der Waals surface area contributed by atoms with Crippen LogP contribution in [-0.4, -0.2) is 44.0 Å². The number of hydrogen-bond acceptors (Lipinski definition) is 4. The van der Waals surface area contributed by atoms with Crippen molar-refractivity contribution in [3.8, 4) is 0 Å².